The fraction of sp³-hybridized carbons (Fsp3) is 0.412. The van der Waals surface area contributed by atoms with Crippen LogP contribution in [-0.4, -0.2) is 32.8 Å². The molecule has 0 aliphatic heterocycles. The van der Waals surface area contributed by atoms with Gasteiger partial charge in [-0.1, -0.05) is 22.9 Å². The second kappa shape index (κ2) is 10.8. The molecule has 1 aromatic carbocycles. The van der Waals surface area contributed by atoms with E-state index in [4.69, 9.17) is 9.47 Å². The SMILES string of the molecule is CCCOc1ccc(Br)cc1/C=C(\C#N)C(=O)NCCCOC. The number of methoxy groups -OCH3 is 1. The zero-order chi connectivity index (χ0) is 17.1. The van der Waals surface area contributed by atoms with Crippen molar-refractivity contribution in [1.29, 1.82) is 5.26 Å². The van der Waals surface area contributed by atoms with Crippen LogP contribution in [0.15, 0.2) is 28.2 Å². The van der Waals surface area contributed by atoms with Crippen molar-refractivity contribution in [3.63, 3.8) is 0 Å². The van der Waals surface area contributed by atoms with Crippen molar-refractivity contribution in [3.8, 4) is 11.8 Å². The van der Waals surface area contributed by atoms with Gasteiger partial charge in [0.1, 0.15) is 17.4 Å². The number of benzene rings is 1. The summed E-state index contributed by atoms with van der Waals surface area (Å²) in [6.45, 7) is 3.62. The van der Waals surface area contributed by atoms with Gasteiger partial charge in [0.2, 0.25) is 0 Å². The molecule has 0 aliphatic rings. The fourth-order valence-electron chi connectivity index (χ4n) is 1.79. The number of hydrogen-bond donors (Lipinski definition) is 1. The molecule has 0 saturated heterocycles. The zero-order valence-corrected chi connectivity index (χ0v) is 15.0. The van der Waals surface area contributed by atoms with Crippen molar-refractivity contribution in [2.75, 3.05) is 26.9 Å². The average molecular weight is 381 g/mol. The van der Waals surface area contributed by atoms with E-state index in [-0.39, 0.29) is 5.57 Å². The van der Waals surface area contributed by atoms with Gasteiger partial charge >= 0.3 is 0 Å². The monoisotopic (exact) mass is 380 g/mol. The highest BCUT2D eigenvalue weighted by Gasteiger charge is 2.11. The van der Waals surface area contributed by atoms with Crippen LogP contribution in [0.1, 0.15) is 25.3 Å². The van der Waals surface area contributed by atoms with Crippen LogP contribution in [0.2, 0.25) is 0 Å². The highest BCUT2D eigenvalue weighted by molar-refractivity contribution is 9.10. The lowest BCUT2D eigenvalue weighted by Gasteiger charge is -2.09. The minimum Gasteiger partial charge on any atom is -0.493 e. The Hall–Kier alpha value is -1.84. The predicted molar refractivity (Wildman–Crippen MR) is 93.0 cm³/mol. The van der Waals surface area contributed by atoms with Crippen LogP contribution in [0, 0.1) is 11.3 Å². The molecule has 23 heavy (non-hydrogen) atoms. The quantitative estimate of drug-likeness (QED) is 0.405. The molecule has 1 aromatic rings. The predicted octanol–water partition coefficient (Wildman–Crippen LogP) is 3.30. The molecule has 0 fully saturated rings. The molecule has 1 amide bonds. The van der Waals surface area contributed by atoms with E-state index in [1.54, 1.807) is 13.2 Å². The highest BCUT2D eigenvalue weighted by atomic mass is 79.9. The zero-order valence-electron chi connectivity index (χ0n) is 13.4. The number of nitriles is 1. The maximum Gasteiger partial charge on any atom is 0.261 e. The van der Waals surface area contributed by atoms with Crippen LogP contribution in [0.4, 0.5) is 0 Å². The van der Waals surface area contributed by atoms with Crippen molar-refractivity contribution in [2.24, 2.45) is 0 Å². The Balaban J connectivity index is 2.90. The summed E-state index contributed by atoms with van der Waals surface area (Å²) < 4.78 is 11.4. The first-order valence-electron chi connectivity index (χ1n) is 7.43. The molecule has 0 bridgehead atoms. The lowest BCUT2D eigenvalue weighted by atomic mass is 10.1. The number of nitrogens with one attached hydrogen (secondary N) is 1. The summed E-state index contributed by atoms with van der Waals surface area (Å²) in [4.78, 5) is 12.1. The van der Waals surface area contributed by atoms with Crippen LogP contribution in [0.5, 0.6) is 5.75 Å². The average Bonchev–Trinajstić information content (AvgIpc) is 2.55. The van der Waals surface area contributed by atoms with Gasteiger partial charge in [0.25, 0.3) is 5.91 Å². The van der Waals surface area contributed by atoms with E-state index in [0.717, 1.165) is 10.9 Å². The molecule has 0 spiro atoms. The smallest absolute Gasteiger partial charge is 0.261 e. The molecule has 1 N–H and O–H groups in total. The van der Waals surface area contributed by atoms with Crippen LogP contribution >= 0.6 is 15.9 Å². The molecule has 1 rings (SSSR count). The molecule has 5 nitrogen and oxygen atoms in total. The molecule has 0 aliphatic carbocycles. The maximum atomic E-state index is 12.1. The minimum atomic E-state index is -0.398. The minimum absolute atomic E-state index is 0.0434. The van der Waals surface area contributed by atoms with Gasteiger partial charge < -0.3 is 14.8 Å². The summed E-state index contributed by atoms with van der Waals surface area (Å²) in [6, 6.07) is 7.44. The van der Waals surface area contributed by atoms with Gasteiger partial charge in [0.15, 0.2) is 0 Å². The summed E-state index contributed by atoms with van der Waals surface area (Å²) in [7, 11) is 1.60. The first kappa shape index (κ1) is 19.2. The second-order valence-electron chi connectivity index (χ2n) is 4.80. The van der Waals surface area contributed by atoms with Crippen LogP contribution in [0.3, 0.4) is 0 Å². The van der Waals surface area contributed by atoms with Crippen molar-refractivity contribution in [3.05, 3.63) is 33.8 Å². The van der Waals surface area contributed by atoms with Crippen LogP contribution in [0.25, 0.3) is 6.08 Å². The number of amides is 1. The summed E-state index contributed by atoms with van der Waals surface area (Å²) in [6.07, 6.45) is 3.12. The molecule has 124 valence electrons. The van der Waals surface area contributed by atoms with E-state index in [1.807, 2.05) is 31.2 Å². The van der Waals surface area contributed by atoms with E-state index >= 15 is 0 Å². The summed E-state index contributed by atoms with van der Waals surface area (Å²) in [5, 5.41) is 11.9. The van der Waals surface area contributed by atoms with Crippen molar-refractivity contribution in [2.45, 2.75) is 19.8 Å². The van der Waals surface area contributed by atoms with E-state index in [0.29, 0.717) is 37.5 Å². The fourth-order valence-corrected chi connectivity index (χ4v) is 2.17. The molecular formula is C17H21BrN2O3. The molecule has 0 atom stereocenters. The van der Waals surface area contributed by atoms with E-state index in [9.17, 15) is 10.1 Å². The first-order valence-corrected chi connectivity index (χ1v) is 8.23. The maximum absolute atomic E-state index is 12.1. The lowest BCUT2D eigenvalue weighted by Crippen LogP contribution is -2.26. The Bertz CT molecular complexity index is 594. The van der Waals surface area contributed by atoms with E-state index in [2.05, 4.69) is 21.2 Å². The lowest BCUT2D eigenvalue weighted by molar-refractivity contribution is -0.117. The topological polar surface area (TPSA) is 71.3 Å². The molecule has 0 radical (unpaired) electrons. The highest BCUT2D eigenvalue weighted by Crippen LogP contribution is 2.25. The Morgan fingerprint density at radius 3 is 2.87 bits per heavy atom. The number of carbonyl (C=O) groups is 1. The largest absolute Gasteiger partial charge is 0.493 e. The molecule has 0 saturated carbocycles. The summed E-state index contributed by atoms with van der Waals surface area (Å²) >= 11 is 3.39. The van der Waals surface area contributed by atoms with Gasteiger partial charge in [-0.2, -0.15) is 5.26 Å². The number of ether oxygens (including phenoxy) is 2. The van der Waals surface area contributed by atoms with Crippen molar-refractivity contribution < 1.29 is 14.3 Å². The molecule has 0 aromatic heterocycles. The van der Waals surface area contributed by atoms with Crippen molar-refractivity contribution >= 4 is 27.9 Å². The third-order valence-corrected chi connectivity index (χ3v) is 3.40. The van der Waals surface area contributed by atoms with E-state index in [1.165, 1.54) is 0 Å². The number of rotatable bonds is 9. The third kappa shape index (κ3) is 6.85. The Kier molecular flexibility index (Phi) is 9.03. The Morgan fingerprint density at radius 1 is 1.43 bits per heavy atom. The van der Waals surface area contributed by atoms with Gasteiger partial charge in [-0.25, -0.2) is 0 Å². The van der Waals surface area contributed by atoms with Gasteiger partial charge in [0, 0.05) is 30.3 Å². The van der Waals surface area contributed by atoms with Crippen LogP contribution in [-0.2, 0) is 9.53 Å². The third-order valence-electron chi connectivity index (χ3n) is 2.91. The van der Waals surface area contributed by atoms with Gasteiger partial charge in [-0.3, -0.25) is 4.79 Å². The Morgan fingerprint density at radius 2 is 2.22 bits per heavy atom. The Labute approximate surface area is 145 Å². The number of carbonyl (C=O) groups excluding carboxylic acids is 1. The van der Waals surface area contributed by atoms with Crippen LogP contribution < -0.4 is 10.1 Å². The normalized spacial score (nSPS) is 11.0. The second-order valence-corrected chi connectivity index (χ2v) is 5.72. The standard InChI is InChI=1S/C17H21BrN2O3/c1-3-8-23-16-6-5-15(18)11-13(16)10-14(12-19)17(21)20-7-4-9-22-2/h5-6,10-11H,3-4,7-9H2,1-2H3,(H,20,21)/b14-10+. The van der Waals surface area contributed by atoms with Crippen molar-refractivity contribution in [1.82, 2.24) is 5.32 Å². The number of halogens is 1. The molecule has 0 heterocycles. The number of hydrogen-bond acceptors (Lipinski definition) is 4. The first-order chi connectivity index (χ1) is 11.1. The molecule has 0 unspecified atom stereocenters. The van der Waals surface area contributed by atoms with Gasteiger partial charge in [-0.05, 0) is 37.1 Å². The number of nitrogens with zero attached hydrogens (tertiary/aromatic N) is 1. The van der Waals surface area contributed by atoms with Gasteiger partial charge in [-0.15, -0.1) is 0 Å². The summed E-state index contributed by atoms with van der Waals surface area (Å²) in [5.74, 6) is 0.250. The van der Waals surface area contributed by atoms with Gasteiger partial charge in [0.05, 0.1) is 6.61 Å². The molecular weight excluding hydrogens is 360 g/mol. The summed E-state index contributed by atoms with van der Waals surface area (Å²) in [5.41, 5.74) is 0.735. The molecule has 6 heteroatoms. The van der Waals surface area contributed by atoms with E-state index < -0.39 is 5.91 Å².